The molecule has 1 fully saturated rings. The maximum Gasteiger partial charge on any atom is 0.252 e. The molecule has 0 aliphatic heterocycles. The number of sulfonamides is 1. The number of benzene rings is 1. The van der Waals surface area contributed by atoms with Gasteiger partial charge in [0.2, 0.25) is 11.8 Å². The Balaban J connectivity index is 1.65. The molecule has 7 nitrogen and oxygen atoms in total. The van der Waals surface area contributed by atoms with Crippen molar-refractivity contribution in [1.29, 1.82) is 0 Å². The van der Waals surface area contributed by atoms with E-state index in [1.807, 2.05) is 30.3 Å². The predicted octanol–water partition coefficient (Wildman–Crippen LogP) is 1.37. The zero-order chi connectivity index (χ0) is 20.1. The Labute approximate surface area is 168 Å². The minimum atomic E-state index is -3.72. The largest absolute Gasteiger partial charge is 0.352 e. The van der Waals surface area contributed by atoms with Crippen molar-refractivity contribution in [2.24, 2.45) is 0 Å². The van der Waals surface area contributed by atoms with Crippen LogP contribution in [-0.4, -0.2) is 50.2 Å². The zero-order valence-corrected chi connectivity index (χ0v) is 17.1. The van der Waals surface area contributed by atoms with E-state index in [0.717, 1.165) is 34.0 Å². The molecule has 2 amide bonds. The lowest BCUT2D eigenvalue weighted by Crippen LogP contribution is -2.51. The second-order valence-corrected chi connectivity index (χ2v) is 10.0. The van der Waals surface area contributed by atoms with Gasteiger partial charge in [0.05, 0.1) is 6.54 Å². The fourth-order valence-corrected chi connectivity index (χ4v) is 5.01. The minimum absolute atomic E-state index is 0.171. The van der Waals surface area contributed by atoms with Crippen molar-refractivity contribution < 1.29 is 18.0 Å². The highest BCUT2D eigenvalue weighted by Gasteiger charge is 2.30. The number of hydrogen-bond donors (Lipinski definition) is 2. The van der Waals surface area contributed by atoms with E-state index in [-0.39, 0.29) is 22.7 Å². The minimum Gasteiger partial charge on any atom is -0.352 e. The van der Waals surface area contributed by atoms with Crippen LogP contribution in [0.15, 0.2) is 52.1 Å². The molecule has 2 aromatic rings. The van der Waals surface area contributed by atoms with Crippen molar-refractivity contribution in [2.75, 3.05) is 13.6 Å². The smallest absolute Gasteiger partial charge is 0.252 e. The van der Waals surface area contributed by atoms with E-state index in [0.29, 0.717) is 6.42 Å². The Bertz CT molecular complexity index is 910. The van der Waals surface area contributed by atoms with Gasteiger partial charge in [-0.15, -0.1) is 11.3 Å². The third-order valence-corrected chi connectivity index (χ3v) is 7.56. The average molecular weight is 422 g/mol. The molecule has 2 N–H and O–H groups in total. The van der Waals surface area contributed by atoms with Crippen LogP contribution in [0, 0.1) is 0 Å². The summed E-state index contributed by atoms with van der Waals surface area (Å²) in [6.07, 6.45) is 2.23. The summed E-state index contributed by atoms with van der Waals surface area (Å²) in [7, 11) is -2.37. The third kappa shape index (κ3) is 5.40. The molecule has 1 saturated carbocycles. The van der Waals surface area contributed by atoms with E-state index in [9.17, 15) is 18.0 Å². The van der Waals surface area contributed by atoms with Gasteiger partial charge in [-0.05, 0) is 29.9 Å². The molecule has 1 heterocycles. The normalized spacial score (nSPS) is 15.2. The van der Waals surface area contributed by atoms with Crippen LogP contribution in [-0.2, 0) is 26.0 Å². The lowest BCUT2D eigenvalue weighted by atomic mass is 10.1. The fourth-order valence-electron chi connectivity index (χ4n) is 2.68. The first-order valence-electron chi connectivity index (χ1n) is 9.00. The van der Waals surface area contributed by atoms with Gasteiger partial charge in [-0.2, -0.15) is 4.31 Å². The highest BCUT2D eigenvalue weighted by Crippen LogP contribution is 2.20. The lowest BCUT2D eigenvalue weighted by molar-refractivity contribution is -0.129. The molecule has 28 heavy (non-hydrogen) atoms. The molecule has 3 rings (SSSR count). The van der Waals surface area contributed by atoms with Crippen LogP contribution in [0.25, 0.3) is 0 Å². The number of rotatable bonds is 9. The van der Waals surface area contributed by atoms with Gasteiger partial charge >= 0.3 is 0 Å². The molecule has 1 unspecified atom stereocenters. The molecule has 1 aromatic heterocycles. The number of nitrogens with zero attached hydrogens (tertiary/aromatic N) is 1. The van der Waals surface area contributed by atoms with Gasteiger partial charge in [0, 0.05) is 19.5 Å². The zero-order valence-electron chi connectivity index (χ0n) is 15.5. The van der Waals surface area contributed by atoms with Gasteiger partial charge in [-0.25, -0.2) is 8.42 Å². The Kier molecular flexibility index (Phi) is 6.48. The summed E-state index contributed by atoms with van der Waals surface area (Å²) in [5.74, 6) is -0.766. The number of carbonyl (C=O) groups excluding carboxylic acids is 2. The second-order valence-electron chi connectivity index (χ2n) is 6.79. The topological polar surface area (TPSA) is 95.6 Å². The molecule has 1 aromatic carbocycles. The van der Waals surface area contributed by atoms with Crippen LogP contribution in [0.1, 0.15) is 18.4 Å². The number of likely N-dealkylation sites (N-methyl/N-ethyl adjacent to an activating group) is 1. The number of nitrogens with one attached hydrogen (secondary N) is 2. The first-order valence-corrected chi connectivity index (χ1v) is 11.3. The number of hydrogen-bond acceptors (Lipinski definition) is 5. The van der Waals surface area contributed by atoms with Crippen molar-refractivity contribution in [3.8, 4) is 0 Å². The molecule has 1 aliphatic rings. The van der Waals surface area contributed by atoms with Gasteiger partial charge in [-0.1, -0.05) is 36.4 Å². The van der Waals surface area contributed by atoms with Crippen molar-refractivity contribution in [3.05, 3.63) is 53.4 Å². The summed E-state index contributed by atoms with van der Waals surface area (Å²) < 4.78 is 26.1. The van der Waals surface area contributed by atoms with E-state index < -0.39 is 22.0 Å². The summed E-state index contributed by atoms with van der Waals surface area (Å²) in [5, 5.41) is 7.26. The van der Waals surface area contributed by atoms with E-state index in [2.05, 4.69) is 10.6 Å². The van der Waals surface area contributed by atoms with Gasteiger partial charge in [0.15, 0.2) is 0 Å². The van der Waals surface area contributed by atoms with E-state index >= 15 is 0 Å². The molecule has 0 saturated heterocycles. The van der Waals surface area contributed by atoms with Crippen LogP contribution < -0.4 is 10.6 Å². The molecule has 9 heteroatoms. The van der Waals surface area contributed by atoms with Crippen LogP contribution in [0.4, 0.5) is 0 Å². The molecular weight excluding hydrogens is 398 g/mol. The highest BCUT2D eigenvalue weighted by atomic mass is 32.2. The maximum absolute atomic E-state index is 12.5. The predicted molar refractivity (Wildman–Crippen MR) is 107 cm³/mol. The average Bonchev–Trinajstić information content (AvgIpc) is 3.29. The lowest BCUT2D eigenvalue weighted by Gasteiger charge is -2.21. The van der Waals surface area contributed by atoms with Crippen LogP contribution in [0.5, 0.6) is 0 Å². The van der Waals surface area contributed by atoms with Crippen LogP contribution in [0.3, 0.4) is 0 Å². The van der Waals surface area contributed by atoms with Gasteiger partial charge in [0.1, 0.15) is 10.3 Å². The van der Waals surface area contributed by atoms with Crippen molar-refractivity contribution in [1.82, 2.24) is 14.9 Å². The standard InChI is InChI=1S/C19H23N3O4S2/c1-22(28(25,26)18-8-5-11-27-18)13-17(23)21-16(19(24)20-15-9-10-15)12-14-6-3-2-4-7-14/h2-8,11,15-16H,9-10,12-13H2,1H3,(H,20,24)(H,21,23). The summed E-state index contributed by atoms with van der Waals surface area (Å²) in [4.78, 5) is 25.0. The summed E-state index contributed by atoms with van der Waals surface area (Å²) in [6.45, 7) is -0.359. The molecule has 1 aliphatic carbocycles. The first kappa shape index (κ1) is 20.5. The maximum atomic E-state index is 12.5. The molecular formula is C19H23N3O4S2. The second kappa shape index (κ2) is 8.85. The van der Waals surface area contributed by atoms with Gasteiger partial charge in [-0.3, -0.25) is 9.59 Å². The first-order chi connectivity index (χ1) is 13.4. The Morgan fingerprint density at radius 3 is 2.50 bits per heavy atom. The molecule has 0 spiro atoms. The number of thiophene rings is 1. The quantitative estimate of drug-likeness (QED) is 0.639. The Morgan fingerprint density at radius 1 is 1.18 bits per heavy atom. The van der Waals surface area contributed by atoms with Crippen LogP contribution >= 0.6 is 11.3 Å². The van der Waals surface area contributed by atoms with E-state index in [4.69, 9.17) is 0 Å². The van der Waals surface area contributed by atoms with Crippen molar-refractivity contribution in [2.45, 2.75) is 35.6 Å². The van der Waals surface area contributed by atoms with E-state index in [1.165, 1.54) is 13.1 Å². The highest BCUT2D eigenvalue weighted by molar-refractivity contribution is 7.91. The van der Waals surface area contributed by atoms with Crippen molar-refractivity contribution >= 4 is 33.2 Å². The summed E-state index contributed by atoms with van der Waals surface area (Å²) >= 11 is 1.09. The SMILES string of the molecule is CN(CC(=O)NC(Cc1ccccc1)C(=O)NC1CC1)S(=O)(=O)c1cccs1. The Morgan fingerprint density at radius 2 is 1.89 bits per heavy atom. The van der Waals surface area contributed by atoms with Gasteiger partial charge in [0.25, 0.3) is 10.0 Å². The molecule has 0 radical (unpaired) electrons. The summed E-state index contributed by atoms with van der Waals surface area (Å²) in [6, 6.07) is 11.9. The van der Waals surface area contributed by atoms with Crippen LogP contribution in [0.2, 0.25) is 0 Å². The monoisotopic (exact) mass is 421 g/mol. The summed E-state index contributed by atoms with van der Waals surface area (Å²) in [5.41, 5.74) is 0.915. The molecule has 0 bridgehead atoms. The number of amides is 2. The molecule has 1 atom stereocenters. The fraction of sp³-hybridized carbons (Fsp3) is 0.368. The van der Waals surface area contributed by atoms with Crippen molar-refractivity contribution in [3.63, 3.8) is 0 Å². The molecule has 150 valence electrons. The van der Waals surface area contributed by atoms with Gasteiger partial charge < -0.3 is 10.6 Å². The van der Waals surface area contributed by atoms with E-state index in [1.54, 1.807) is 11.4 Å². The third-order valence-electron chi connectivity index (χ3n) is 4.38. The number of carbonyl (C=O) groups is 2. The Hall–Kier alpha value is -2.23.